The fraction of sp³-hybridized carbons (Fsp3) is 0.222. The normalized spacial score (nSPS) is 9.83. The Kier molecular flexibility index (Phi) is 2.33. The first kappa shape index (κ1) is 9.00. The van der Waals surface area contributed by atoms with Gasteiger partial charge < -0.3 is 11.5 Å². The molecular formula is C9H12N2S. The second kappa shape index (κ2) is 3.11. The molecular weight excluding hydrogens is 168 g/mol. The number of aryl methyl sites for hydroxylation is 2. The zero-order chi connectivity index (χ0) is 9.30. The molecule has 64 valence electrons. The van der Waals surface area contributed by atoms with Gasteiger partial charge in [-0.05, 0) is 25.0 Å². The van der Waals surface area contributed by atoms with E-state index in [0.717, 1.165) is 16.7 Å². The molecule has 0 heterocycles. The lowest BCUT2D eigenvalue weighted by atomic mass is 10.0. The largest absolute Gasteiger partial charge is 0.398 e. The second-order valence-electron chi connectivity index (χ2n) is 2.85. The number of rotatable bonds is 1. The average Bonchev–Trinajstić information content (AvgIpc) is 1.97. The fourth-order valence-electron chi connectivity index (χ4n) is 1.16. The van der Waals surface area contributed by atoms with Crippen LogP contribution in [0.15, 0.2) is 12.1 Å². The van der Waals surface area contributed by atoms with Gasteiger partial charge in [0.2, 0.25) is 0 Å². The molecule has 0 aliphatic heterocycles. The van der Waals surface area contributed by atoms with Crippen molar-refractivity contribution in [3.05, 3.63) is 28.8 Å². The number of benzene rings is 1. The SMILES string of the molecule is Cc1ccc(C)c(C(N)=S)c1N. The predicted molar refractivity (Wildman–Crippen MR) is 56.2 cm³/mol. The molecule has 0 radical (unpaired) electrons. The highest BCUT2D eigenvalue weighted by atomic mass is 32.1. The summed E-state index contributed by atoms with van der Waals surface area (Å²) in [6.07, 6.45) is 0. The molecule has 0 unspecified atom stereocenters. The third-order valence-corrected chi connectivity index (χ3v) is 2.12. The van der Waals surface area contributed by atoms with E-state index in [9.17, 15) is 0 Å². The molecule has 0 saturated carbocycles. The van der Waals surface area contributed by atoms with Crippen LogP contribution in [-0.2, 0) is 0 Å². The molecule has 0 atom stereocenters. The Morgan fingerprint density at radius 2 is 1.75 bits per heavy atom. The monoisotopic (exact) mass is 180 g/mol. The van der Waals surface area contributed by atoms with Crippen molar-refractivity contribution in [1.82, 2.24) is 0 Å². The third-order valence-electron chi connectivity index (χ3n) is 1.92. The summed E-state index contributed by atoms with van der Waals surface area (Å²) in [5.74, 6) is 0. The highest BCUT2D eigenvalue weighted by Crippen LogP contribution is 2.20. The van der Waals surface area contributed by atoms with Gasteiger partial charge >= 0.3 is 0 Å². The summed E-state index contributed by atoms with van der Waals surface area (Å²) in [7, 11) is 0. The van der Waals surface area contributed by atoms with Crippen LogP contribution in [-0.4, -0.2) is 4.99 Å². The summed E-state index contributed by atoms with van der Waals surface area (Å²) in [4.78, 5) is 0.369. The van der Waals surface area contributed by atoms with Crippen molar-refractivity contribution < 1.29 is 0 Å². The minimum Gasteiger partial charge on any atom is -0.398 e. The number of hydrogen-bond acceptors (Lipinski definition) is 2. The number of anilines is 1. The van der Waals surface area contributed by atoms with Crippen LogP contribution in [0.2, 0.25) is 0 Å². The first-order chi connectivity index (χ1) is 5.54. The van der Waals surface area contributed by atoms with Crippen LogP contribution in [0.4, 0.5) is 5.69 Å². The van der Waals surface area contributed by atoms with Crippen molar-refractivity contribution >= 4 is 22.9 Å². The lowest BCUT2D eigenvalue weighted by molar-refractivity contribution is 1.38. The fourth-order valence-corrected chi connectivity index (χ4v) is 1.43. The van der Waals surface area contributed by atoms with E-state index in [-0.39, 0.29) is 0 Å². The van der Waals surface area contributed by atoms with Crippen LogP contribution < -0.4 is 11.5 Å². The Hall–Kier alpha value is -1.09. The van der Waals surface area contributed by atoms with Crippen molar-refractivity contribution in [3.63, 3.8) is 0 Å². The number of nitrogen functional groups attached to an aromatic ring is 1. The number of hydrogen-bond donors (Lipinski definition) is 2. The van der Waals surface area contributed by atoms with Gasteiger partial charge in [-0.25, -0.2) is 0 Å². The van der Waals surface area contributed by atoms with E-state index in [2.05, 4.69) is 0 Å². The van der Waals surface area contributed by atoms with Crippen LogP contribution in [0.3, 0.4) is 0 Å². The molecule has 3 heteroatoms. The van der Waals surface area contributed by atoms with Gasteiger partial charge in [0.1, 0.15) is 4.99 Å². The van der Waals surface area contributed by atoms with Crippen molar-refractivity contribution in [1.29, 1.82) is 0 Å². The minimum atomic E-state index is 0.369. The highest BCUT2D eigenvalue weighted by Gasteiger charge is 2.07. The van der Waals surface area contributed by atoms with E-state index in [1.807, 2.05) is 26.0 Å². The lowest BCUT2D eigenvalue weighted by Crippen LogP contribution is -2.14. The van der Waals surface area contributed by atoms with Crippen LogP contribution in [0.25, 0.3) is 0 Å². The molecule has 0 amide bonds. The molecule has 0 saturated heterocycles. The van der Waals surface area contributed by atoms with Crippen molar-refractivity contribution in [2.75, 3.05) is 5.73 Å². The molecule has 1 aromatic rings. The second-order valence-corrected chi connectivity index (χ2v) is 3.29. The van der Waals surface area contributed by atoms with Gasteiger partial charge in [-0.1, -0.05) is 24.4 Å². The average molecular weight is 180 g/mol. The van der Waals surface area contributed by atoms with E-state index in [4.69, 9.17) is 23.7 Å². The maximum Gasteiger partial charge on any atom is 0.106 e. The van der Waals surface area contributed by atoms with Crippen LogP contribution in [0.5, 0.6) is 0 Å². The summed E-state index contributed by atoms with van der Waals surface area (Å²) in [6, 6.07) is 3.94. The molecule has 0 aliphatic rings. The topological polar surface area (TPSA) is 52.0 Å². The molecule has 12 heavy (non-hydrogen) atoms. The molecule has 0 aromatic heterocycles. The first-order valence-electron chi connectivity index (χ1n) is 3.69. The molecule has 4 N–H and O–H groups in total. The molecule has 0 spiro atoms. The zero-order valence-corrected chi connectivity index (χ0v) is 8.03. The smallest absolute Gasteiger partial charge is 0.106 e. The lowest BCUT2D eigenvalue weighted by Gasteiger charge is -2.09. The van der Waals surface area contributed by atoms with Crippen molar-refractivity contribution in [2.45, 2.75) is 13.8 Å². The van der Waals surface area contributed by atoms with Gasteiger partial charge in [-0.15, -0.1) is 0 Å². The Morgan fingerprint density at radius 1 is 1.25 bits per heavy atom. The van der Waals surface area contributed by atoms with E-state index in [1.165, 1.54) is 0 Å². The maximum absolute atomic E-state index is 5.82. The Morgan fingerprint density at radius 3 is 2.17 bits per heavy atom. The van der Waals surface area contributed by atoms with E-state index < -0.39 is 0 Å². The van der Waals surface area contributed by atoms with Crippen molar-refractivity contribution in [2.24, 2.45) is 5.73 Å². The molecule has 1 aromatic carbocycles. The van der Waals surface area contributed by atoms with Crippen LogP contribution >= 0.6 is 12.2 Å². The van der Waals surface area contributed by atoms with Gasteiger partial charge in [0.25, 0.3) is 0 Å². The number of nitrogens with two attached hydrogens (primary N) is 2. The third kappa shape index (κ3) is 1.41. The van der Waals surface area contributed by atoms with Gasteiger partial charge in [-0.2, -0.15) is 0 Å². The number of thiocarbonyl (C=S) groups is 1. The summed E-state index contributed by atoms with van der Waals surface area (Å²) in [5, 5.41) is 0. The Bertz CT molecular complexity index is 332. The zero-order valence-electron chi connectivity index (χ0n) is 7.22. The minimum absolute atomic E-state index is 0.369. The quantitative estimate of drug-likeness (QED) is 0.509. The van der Waals surface area contributed by atoms with E-state index in [0.29, 0.717) is 10.7 Å². The maximum atomic E-state index is 5.82. The predicted octanol–water partition coefficient (Wildman–Crippen LogP) is 1.52. The van der Waals surface area contributed by atoms with Gasteiger partial charge in [0, 0.05) is 11.3 Å². The summed E-state index contributed by atoms with van der Waals surface area (Å²) in [6.45, 7) is 3.89. The summed E-state index contributed by atoms with van der Waals surface area (Å²) >= 11 is 4.89. The summed E-state index contributed by atoms with van der Waals surface area (Å²) in [5.41, 5.74) is 14.9. The molecule has 0 aliphatic carbocycles. The van der Waals surface area contributed by atoms with Crippen LogP contribution in [0.1, 0.15) is 16.7 Å². The van der Waals surface area contributed by atoms with Crippen LogP contribution in [0, 0.1) is 13.8 Å². The van der Waals surface area contributed by atoms with Crippen molar-refractivity contribution in [3.8, 4) is 0 Å². The summed E-state index contributed by atoms with van der Waals surface area (Å²) < 4.78 is 0. The Labute approximate surface area is 77.6 Å². The molecule has 0 bridgehead atoms. The van der Waals surface area contributed by atoms with Gasteiger partial charge in [0.15, 0.2) is 0 Å². The van der Waals surface area contributed by atoms with E-state index >= 15 is 0 Å². The molecule has 2 nitrogen and oxygen atoms in total. The standard InChI is InChI=1S/C9H12N2S/c1-5-3-4-6(2)8(10)7(5)9(11)12/h3-4H,10H2,1-2H3,(H2,11,12). The molecule has 1 rings (SSSR count). The first-order valence-corrected chi connectivity index (χ1v) is 4.10. The molecule has 0 fully saturated rings. The van der Waals surface area contributed by atoms with E-state index in [1.54, 1.807) is 0 Å². The Balaban J connectivity index is 3.43. The highest BCUT2D eigenvalue weighted by molar-refractivity contribution is 7.80. The van der Waals surface area contributed by atoms with Gasteiger partial charge in [0.05, 0.1) is 0 Å². The van der Waals surface area contributed by atoms with Gasteiger partial charge in [-0.3, -0.25) is 0 Å².